The molecular formula is C15H24IN3. The van der Waals surface area contributed by atoms with Crippen molar-refractivity contribution in [2.75, 3.05) is 14.1 Å². The third-order valence-electron chi connectivity index (χ3n) is 3.67. The van der Waals surface area contributed by atoms with Crippen LogP contribution in [0, 0.1) is 12.8 Å². The lowest BCUT2D eigenvalue weighted by atomic mass is 10.1. The van der Waals surface area contributed by atoms with E-state index >= 15 is 0 Å². The van der Waals surface area contributed by atoms with Gasteiger partial charge in [-0.25, -0.2) is 0 Å². The van der Waals surface area contributed by atoms with Crippen LogP contribution in [0.5, 0.6) is 0 Å². The van der Waals surface area contributed by atoms with Crippen molar-refractivity contribution in [3.8, 4) is 0 Å². The lowest BCUT2D eigenvalue weighted by Crippen LogP contribution is -2.40. The van der Waals surface area contributed by atoms with E-state index in [0.717, 1.165) is 18.4 Å². The Balaban J connectivity index is 0.00000180. The van der Waals surface area contributed by atoms with Gasteiger partial charge in [0.15, 0.2) is 5.96 Å². The molecule has 0 amide bonds. The molecule has 3 nitrogen and oxygen atoms in total. The molecule has 0 saturated heterocycles. The molecule has 1 aliphatic rings. The summed E-state index contributed by atoms with van der Waals surface area (Å²) < 4.78 is 0. The van der Waals surface area contributed by atoms with Gasteiger partial charge in [-0.1, -0.05) is 31.2 Å². The second-order valence-electron chi connectivity index (χ2n) is 5.29. The van der Waals surface area contributed by atoms with Gasteiger partial charge in [-0.2, -0.15) is 0 Å². The highest BCUT2D eigenvalue weighted by Crippen LogP contribution is 2.29. The molecular weight excluding hydrogens is 349 g/mol. The number of hydrogen-bond donors (Lipinski definition) is 1. The van der Waals surface area contributed by atoms with E-state index in [2.05, 4.69) is 60.4 Å². The number of benzene rings is 1. The zero-order chi connectivity index (χ0) is 13.1. The Labute approximate surface area is 133 Å². The first-order valence-electron chi connectivity index (χ1n) is 6.60. The average Bonchev–Trinajstić information content (AvgIpc) is 3.05. The Morgan fingerprint density at radius 3 is 2.58 bits per heavy atom. The Bertz CT molecular complexity index is 445. The van der Waals surface area contributed by atoms with E-state index in [-0.39, 0.29) is 24.0 Å². The van der Waals surface area contributed by atoms with E-state index in [1.807, 2.05) is 7.05 Å². The van der Waals surface area contributed by atoms with Crippen LogP contribution in [0.25, 0.3) is 0 Å². The van der Waals surface area contributed by atoms with Crippen LogP contribution in [0.4, 0.5) is 0 Å². The highest BCUT2D eigenvalue weighted by molar-refractivity contribution is 14.0. The number of rotatable bonds is 3. The quantitative estimate of drug-likeness (QED) is 0.501. The molecule has 2 unspecified atom stereocenters. The van der Waals surface area contributed by atoms with Crippen molar-refractivity contribution in [3.05, 3.63) is 35.4 Å². The number of aliphatic imine (C=N–C) groups is 1. The zero-order valence-electron chi connectivity index (χ0n) is 12.2. The van der Waals surface area contributed by atoms with Gasteiger partial charge in [0.25, 0.3) is 0 Å². The summed E-state index contributed by atoms with van der Waals surface area (Å²) >= 11 is 0. The van der Waals surface area contributed by atoms with E-state index in [0.29, 0.717) is 6.04 Å². The summed E-state index contributed by atoms with van der Waals surface area (Å²) in [5.41, 5.74) is 2.69. The predicted octanol–water partition coefficient (Wildman–Crippen LogP) is 3.03. The minimum atomic E-state index is 0. The van der Waals surface area contributed by atoms with Gasteiger partial charge < -0.3 is 10.2 Å². The maximum absolute atomic E-state index is 4.36. The van der Waals surface area contributed by atoms with Gasteiger partial charge in [-0.3, -0.25) is 4.99 Å². The van der Waals surface area contributed by atoms with Gasteiger partial charge in [0.2, 0.25) is 0 Å². The van der Waals surface area contributed by atoms with E-state index in [9.17, 15) is 0 Å². The van der Waals surface area contributed by atoms with Crippen molar-refractivity contribution < 1.29 is 0 Å². The summed E-state index contributed by atoms with van der Waals surface area (Å²) in [7, 11) is 3.94. The van der Waals surface area contributed by atoms with Crippen LogP contribution >= 0.6 is 24.0 Å². The van der Waals surface area contributed by atoms with E-state index < -0.39 is 0 Å². The first kappa shape index (κ1) is 16.3. The molecule has 2 rings (SSSR count). The Hall–Kier alpha value is -0.780. The van der Waals surface area contributed by atoms with Crippen molar-refractivity contribution in [3.63, 3.8) is 0 Å². The average molecular weight is 373 g/mol. The lowest BCUT2D eigenvalue weighted by molar-refractivity contribution is 0.473. The minimum absolute atomic E-state index is 0. The monoisotopic (exact) mass is 373 g/mol. The molecule has 0 heterocycles. The first-order chi connectivity index (χ1) is 8.61. The predicted molar refractivity (Wildman–Crippen MR) is 92.1 cm³/mol. The van der Waals surface area contributed by atoms with Crippen molar-refractivity contribution >= 4 is 29.9 Å². The number of aryl methyl sites for hydroxylation is 1. The molecule has 0 bridgehead atoms. The van der Waals surface area contributed by atoms with Crippen molar-refractivity contribution in [1.29, 1.82) is 0 Å². The van der Waals surface area contributed by atoms with E-state index in [1.165, 1.54) is 17.5 Å². The first-order valence-corrected chi connectivity index (χ1v) is 6.60. The Kier molecular flexibility index (Phi) is 6.10. The molecule has 1 saturated carbocycles. The maximum atomic E-state index is 4.36. The molecule has 1 fully saturated rings. The van der Waals surface area contributed by atoms with E-state index in [1.54, 1.807) is 0 Å². The fourth-order valence-electron chi connectivity index (χ4n) is 2.15. The molecule has 19 heavy (non-hydrogen) atoms. The fraction of sp³-hybridized carbons (Fsp3) is 0.533. The van der Waals surface area contributed by atoms with Crippen LogP contribution in [-0.2, 0) is 6.54 Å². The Morgan fingerprint density at radius 2 is 2.05 bits per heavy atom. The minimum Gasteiger partial charge on any atom is -0.353 e. The van der Waals surface area contributed by atoms with Gasteiger partial charge >= 0.3 is 0 Å². The molecule has 0 aliphatic heterocycles. The SMILES string of the molecule is CN=C(NC1CC1C)N(C)Cc1ccccc1C.I. The van der Waals surface area contributed by atoms with E-state index in [4.69, 9.17) is 0 Å². The van der Waals surface area contributed by atoms with Crippen LogP contribution in [0.2, 0.25) is 0 Å². The molecule has 1 N–H and O–H groups in total. The summed E-state index contributed by atoms with van der Waals surface area (Å²) in [5, 5.41) is 3.51. The standard InChI is InChI=1S/C15H23N3.HI/c1-11-7-5-6-8-13(11)10-18(4)15(16-3)17-14-9-12(14)2;/h5-8,12,14H,9-10H2,1-4H3,(H,16,17);1H. The smallest absolute Gasteiger partial charge is 0.193 e. The summed E-state index contributed by atoms with van der Waals surface area (Å²) in [6.07, 6.45) is 1.26. The molecule has 1 aromatic rings. The summed E-state index contributed by atoms with van der Waals surface area (Å²) in [5.74, 6) is 1.78. The molecule has 0 spiro atoms. The Morgan fingerprint density at radius 1 is 1.42 bits per heavy atom. The third-order valence-corrected chi connectivity index (χ3v) is 3.67. The van der Waals surface area contributed by atoms with Crippen LogP contribution in [-0.4, -0.2) is 31.0 Å². The van der Waals surface area contributed by atoms with Crippen LogP contribution < -0.4 is 5.32 Å². The molecule has 1 aromatic carbocycles. The van der Waals surface area contributed by atoms with Crippen molar-refractivity contribution in [2.24, 2.45) is 10.9 Å². The van der Waals surface area contributed by atoms with Crippen LogP contribution in [0.1, 0.15) is 24.5 Å². The maximum Gasteiger partial charge on any atom is 0.193 e. The van der Waals surface area contributed by atoms with Crippen LogP contribution in [0.15, 0.2) is 29.3 Å². The fourth-order valence-corrected chi connectivity index (χ4v) is 2.15. The molecule has 4 heteroatoms. The van der Waals surface area contributed by atoms with Gasteiger partial charge in [0.1, 0.15) is 0 Å². The van der Waals surface area contributed by atoms with Crippen molar-refractivity contribution in [2.45, 2.75) is 32.9 Å². The molecule has 2 atom stereocenters. The summed E-state index contributed by atoms with van der Waals surface area (Å²) in [4.78, 5) is 6.55. The molecule has 106 valence electrons. The molecule has 0 radical (unpaired) electrons. The normalized spacial score (nSPS) is 21.6. The second-order valence-corrected chi connectivity index (χ2v) is 5.29. The largest absolute Gasteiger partial charge is 0.353 e. The summed E-state index contributed by atoms with van der Waals surface area (Å²) in [6, 6.07) is 9.12. The lowest BCUT2D eigenvalue weighted by Gasteiger charge is -2.23. The van der Waals surface area contributed by atoms with Gasteiger partial charge in [-0.05, 0) is 30.4 Å². The highest BCUT2D eigenvalue weighted by atomic mass is 127. The topological polar surface area (TPSA) is 27.6 Å². The van der Waals surface area contributed by atoms with Gasteiger partial charge in [0.05, 0.1) is 0 Å². The molecule has 1 aliphatic carbocycles. The van der Waals surface area contributed by atoms with Gasteiger partial charge in [-0.15, -0.1) is 24.0 Å². The number of nitrogens with zero attached hydrogens (tertiary/aromatic N) is 2. The van der Waals surface area contributed by atoms with Crippen LogP contribution in [0.3, 0.4) is 0 Å². The number of guanidine groups is 1. The molecule has 0 aromatic heterocycles. The number of halogens is 1. The second kappa shape index (κ2) is 7.12. The van der Waals surface area contributed by atoms with Crippen molar-refractivity contribution in [1.82, 2.24) is 10.2 Å². The summed E-state index contributed by atoms with van der Waals surface area (Å²) in [6.45, 7) is 5.32. The number of hydrogen-bond acceptors (Lipinski definition) is 1. The zero-order valence-corrected chi connectivity index (χ0v) is 14.5. The number of nitrogens with one attached hydrogen (secondary N) is 1. The van der Waals surface area contributed by atoms with Gasteiger partial charge in [0, 0.05) is 26.7 Å². The third kappa shape index (κ3) is 4.37. The highest BCUT2D eigenvalue weighted by Gasteiger charge is 2.33.